The summed E-state index contributed by atoms with van der Waals surface area (Å²) < 4.78 is 0. The van der Waals surface area contributed by atoms with Gasteiger partial charge in [-0.3, -0.25) is 4.79 Å². The number of carbonyl (C=O) groups is 1. The van der Waals surface area contributed by atoms with Crippen LogP contribution in [0.15, 0.2) is 67.0 Å². The lowest BCUT2D eigenvalue weighted by molar-refractivity contribution is 0.102. The molecule has 1 fully saturated rings. The van der Waals surface area contributed by atoms with Gasteiger partial charge in [0.1, 0.15) is 0 Å². The number of nitrogens with one attached hydrogen (secondary N) is 1. The van der Waals surface area contributed by atoms with Gasteiger partial charge in [0.25, 0.3) is 5.91 Å². The molecule has 1 amide bonds. The molecule has 1 saturated carbocycles. The summed E-state index contributed by atoms with van der Waals surface area (Å²) in [6.07, 6.45) is 4.40. The van der Waals surface area contributed by atoms with Crippen LogP contribution in [0.1, 0.15) is 28.3 Å². The Hall–Kier alpha value is -2.47. The summed E-state index contributed by atoms with van der Waals surface area (Å²) in [7, 11) is 0. The highest BCUT2D eigenvalue weighted by atomic mass is 35.5. The highest BCUT2D eigenvalue weighted by Gasteiger charge is 2.34. The van der Waals surface area contributed by atoms with Gasteiger partial charge in [0.05, 0.1) is 0 Å². The smallest absolute Gasteiger partial charge is 0.255 e. The largest absolute Gasteiger partial charge is 0.327 e. The van der Waals surface area contributed by atoms with Crippen molar-refractivity contribution in [3.8, 4) is 11.4 Å². The molecule has 140 valence electrons. The molecule has 0 unspecified atom stereocenters. The van der Waals surface area contributed by atoms with Gasteiger partial charge in [0.2, 0.25) is 0 Å². The Labute approximate surface area is 170 Å². The van der Waals surface area contributed by atoms with Crippen LogP contribution < -0.4 is 11.1 Å². The summed E-state index contributed by atoms with van der Waals surface area (Å²) in [5.74, 6) is 0.923. The van der Waals surface area contributed by atoms with Gasteiger partial charge < -0.3 is 11.1 Å². The molecule has 2 aromatic carbocycles. The lowest BCUT2D eigenvalue weighted by atomic mass is 10.1. The predicted molar refractivity (Wildman–Crippen MR) is 112 cm³/mol. The average molecular weight is 403 g/mol. The molecule has 0 bridgehead atoms. The third-order valence-electron chi connectivity index (χ3n) is 4.38. The quantitative estimate of drug-likeness (QED) is 0.689. The molecule has 4 rings (SSSR count). The first-order valence-electron chi connectivity index (χ1n) is 8.25. The zero-order valence-electron chi connectivity index (χ0n) is 14.4. The maximum absolute atomic E-state index is 12.5. The van der Waals surface area contributed by atoms with Crippen LogP contribution in [0, 0.1) is 0 Å². The fourth-order valence-corrected chi connectivity index (χ4v) is 2.86. The average Bonchev–Trinajstić information content (AvgIpc) is 3.40. The topological polar surface area (TPSA) is 80.9 Å². The number of rotatable bonds is 4. The number of halogens is 2. The number of benzene rings is 2. The number of carbonyl (C=O) groups excluding carboxylic acids is 1. The molecule has 0 saturated heterocycles. The maximum Gasteiger partial charge on any atom is 0.255 e. The normalized spacial score (nSPS) is 17.2. The van der Waals surface area contributed by atoms with Gasteiger partial charge in [-0.05, 0) is 54.4 Å². The fraction of sp³-hybridized carbons (Fsp3) is 0.150. The monoisotopic (exact) mass is 402 g/mol. The van der Waals surface area contributed by atoms with Crippen molar-refractivity contribution in [2.24, 2.45) is 5.73 Å². The number of nitrogens with zero attached hydrogens (tertiary/aromatic N) is 2. The lowest BCUT2D eigenvalue weighted by Crippen LogP contribution is -2.12. The minimum atomic E-state index is -0.125. The van der Waals surface area contributed by atoms with Crippen molar-refractivity contribution in [3.05, 3.63) is 78.1 Å². The Morgan fingerprint density at radius 1 is 1.00 bits per heavy atom. The van der Waals surface area contributed by atoms with Crippen LogP contribution in [0.25, 0.3) is 11.4 Å². The van der Waals surface area contributed by atoms with Crippen molar-refractivity contribution < 1.29 is 4.79 Å². The van der Waals surface area contributed by atoms with Gasteiger partial charge in [0, 0.05) is 41.2 Å². The minimum absolute atomic E-state index is 0. The molecule has 0 aliphatic heterocycles. The third-order valence-corrected chi connectivity index (χ3v) is 4.38. The number of aromatic nitrogens is 2. The zero-order valence-corrected chi connectivity index (χ0v) is 16.0. The van der Waals surface area contributed by atoms with Crippen LogP contribution in [0.4, 0.5) is 5.69 Å². The van der Waals surface area contributed by atoms with E-state index in [2.05, 4.69) is 15.3 Å². The first-order valence-corrected chi connectivity index (χ1v) is 8.25. The molecular weight excluding hydrogens is 383 g/mol. The van der Waals surface area contributed by atoms with Gasteiger partial charge >= 0.3 is 0 Å². The van der Waals surface area contributed by atoms with E-state index in [1.165, 1.54) is 0 Å². The van der Waals surface area contributed by atoms with Crippen LogP contribution >= 0.6 is 24.8 Å². The Morgan fingerprint density at radius 3 is 2.30 bits per heavy atom. The van der Waals surface area contributed by atoms with Crippen LogP contribution in [0.5, 0.6) is 0 Å². The molecule has 1 aliphatic carbocycles. The third kappa shape index (κ3) is 4.83. The van der Waals surface area contributed by atoms with E-state index >= 15 is 0 Å². The van der Waals surface area contributed by atoms with E-state index in [-0.39, 0.29) is 36.8 Å². The predicted octanol–water partition coefficient (Wildman–Crippen LogP) is 4.05. The molecule has 5 nitrogen and oxygen atoms in total. The second kappa shape index (κ2) is 8.95. The summed E-state index contributed by atoms with van der Waals surface area (Å²) in [5.41, 5.74) is 9.32. The number of amides is 1. The van der Waals surface area contributed by atoms with Crippen molar-refractivity contribution in [2.75, 3.05) is 5.32 Å². The minimum Gasteiger partial charge on any atom is -0.327 e. The van der Waals surface area contributed by atoms with E-state index in [1.807, 2.05) is 48.5 Å². The molecular formula is C20H20Cl2N4O. The van der Waals surface area contributed by atoms with Gasteiger partial charge in [-0.25, -0.2) is 9.97 Å². The van der Waals surface area contributed by atoms with E-state index in [4.69, 9.17) is 5.73 Å². The molecule has 2 atom stereocenters. The van der Waals surface area contributed by atoms with Crippen molar-refractivity contribution in [1.82, 2.24) is 9.97 Å². The van der Waals surface area contributed by atoms with Crippen LogP contribution in [0.2, 0.25) is 0 Å². The molecule has 3 aromatic rings. The second-order valence-corrected chi connectivity index (χ2v) is 6.24. The Kier molecular flexibility index (Phi) is 6.91. The Balaban J connectivity index is 0.00000131. The molecule has 27 heavy (non-hydrogen) atoms. The van der Waals surface area contributed by atoms with Crippen molar-refractivity contribution in [3.63, 3.8) is 0 Å². The van der Waals surface area contributed by atoms with E-state index in [9.17, 15) is 4.79 Å². The van der Waals surface area contributed by atoms with Gasteiger partial charge in [0.15, 0.2) is 5.82 Å². The maximum atomic E-state index is 12.5. The van der Waals surface area contributed by atoms with Crippen LogP contribution in [-0.2, 0) is 0 Å². The summed E-state index contributed by atoms with van der Waals surface area (Å²) >= 11 is 0. The SMILES string of the molecule is Cl.Cl.N[C@@H]1C[C@H]1c1cccc(C(=O)Nc2ccc(-c3ncccn3)cc2)c1. The number of anilines is 1. The summed E-state index contributed by atoms with van der Waals surface area (Å²) in [6.45, 7) is 0. The van der Waals surface area contributed by atoms with E-state index in [0.29, 0.717) is 17.3 Å². The first kappa shape index (κ1) is 20.8. The van der Waals surface area contributed by atoms with Gasteiger partial charge in [-0.1, -0.05) is 12.1 Å². The Morgan fingerprint density at radius 2 is 1.67 bits per heavy atom. The molecule has 0 spiro atoms. The molecule has 7 heteroatoms. The second-order valence-electron chi connectivity index (χ2n) is 6.24. The van der Waals surface area contributed by atoms with E-state index in [0.717, 1.165) is 23.2 Å². The van der Waals surface area contributed by atoms with Crippen LogP contribution in [0.3, 0.4) is 0 Å². The van der Waals surface area contributed by atoms with E-state index < -0.39 is 0 Å². The number of nitrogens with two attached hydrogens (primary N) is 1. The molecule has 0 radical (unpaired) electrons. The highest BCUT2D eigenvalue weighted by molar-refractivity contribution is 6.04. The first-order chi connectivity index (χ1) is 12.2. The van der Waals surface area contributed by atoms with Crippen molar-refractivity contribution in [1.29, 1.82) is 0 Å². The fourth-order valence-electron chi connectivity index (χ4n) is 2.86. The van der Waals surface area contributed by atoms with Crippen molar-refractivity contribution in [2.45, 2.75) is 18.4 Å². The Bertz CT molecular complexity index is 903. The molecule has 1 aromatic heterocycles. The molecule has 1 heterocycles. The lowest BCUT2D eigenvalue weighted by Gasteiger charge is -2.08. The molecule has 1 aliphatic rings. The van der Waals surface area contributed by atoms with Gasteiger partial charge in [-0.15, -0.1) is 24.8 Å². The summed E-state index contributed by atoms with van der Waals surface area (Å²) in [4.78, 5) is 20.9. The number of hydrogen-bond donors (Lipinski definition) is 2. The summed E-state index contributed by atoms with van der Waals surface area (Å²) in [6, 6.07) is 17.2. The summed E-state index contributed by atoms with van der Waals surface area (Å²) in [5, 5.41) is 2.92. The standard InChI is InChI=1S/C20H18N4O.2ClH/c21-18-12-17(18)14-3-1-4-15(11-14)20(25)24-16-7-5-13(6-8-16)19-22-9-2-10-23-19;;/h1-11,17-18H,12,21H2,(H,24,25);2*1H/t17-,18+;;/m0../s1. The molecule has 3 N–H and O–H groups in total. The highest BCUT2D eigenvalue weighted by Crippen LogP contribution is 2.39. The van der Waals surface area contributed by atoms with Crippen molar-refractivity contribution >= 4 is 36.4 Å². The van der Waals surface area contributed by atoms with Gasteiger partial charge in [-0.2, -0.15) is 0 Å². The number of hydrogen-bond acceptors (Lipinski definition) is 4. The van der Waals surface area contributed by atoms with E-state index in [1.54, 1.807) is 18.5 Å². The zero-order chi connectivity index (χ0) is 17.2. The van der Waals surface area contributed by atoms with Crippen LogP contribution in [-0.4, -0.2) is 21.9 Å².